The molecule has 15 heavy (non-hydrogen) atoms. The fourth-order valence-corrected chi connectivity index (χ4v) is 4.03. The highest BCUT2D eigenvalue weighted by atomic mass is 32.2. The van der Waals surface area contributed by atoms with Gasteiger partial charge in [-0.25, -0.2) is 0 Å². The van der Waals surface area contributed by atoms with E-state index in [2.05, 4.69) is 5.38 Å². The Morgan fingerprint density at radius 2 is 2.13 bits per heavy atom. The third kappa shape index (κ3) is 2.85. The second-order valence-corrected chi connectivity index (χ2v) is 6.12. The first kappa shape index (κ1) is 11.2. The van der Waals surface area contributed by atoms with Gasteiger partial charge in [-0.3, -0.25) is 4.79 Å². The fraction of sp³-hybridized carbons (Fsp3) is 0.583. The van der Waals surface area contributed by atoms with Crippen LogP contribution in [-0.2, 0) is 0 Å². The normalized spacial score (nSPS) is 17.9. The van der Waals surface area contributed by atoms with E-state index in [9.17, 15) is 4.79 Å². The Labute approximate surface area is 99.3 Å². The number of Topliss-reactive ketones (excluding diaryl/α,β-unsaturated/α-hetero) is 1. The first-order valence-corrected chi connectivity index (χ1v) is 7.51. The summed E-state index contributed by atoms with van der Waals surface area (Å²) in [7, 11) is 0. The van der Waals surface area contributed by atoms with Crippen molar-refractivity contribution in [2.75, 3.05) is 11.5 Å². The number of aryl methyl sites for hydroxylation is 1. The molecule has 1 fully saturated rings. The van der Waals surface area contributed by atoms with E-state index in [-0.39, 0.29) is 0 Å². The summed E-state index contributed by atoms with van der Waals surface area (Å²) in [4.78, 5) is 12.0. The van der Waals surface area contributed by atoms with Crippen LogP contribution in [0.2, 0.25) is 0 Å². The summed E-state index contributed by atoms with van der Waals surface area (Å²) in [6.45, 7) is 2.03. The van der Waals surface area contributed by atoms with Crippen LogP contribution in [0.4, 0.5) is 0 Å². The minimum absolute atomic E-state index is 0.352. The van der Waals surface area contributed by atoms with Gasteiger partial charge >= 0.3 is 0 Å². The molecule has 0 saturated carbocycles. The van der Waals surface area contributed by atoms with Gasteiger partial charge in [-0.05, 0) is 48.1 Å². The Hall–Kier alpha value is -0.280. The monoisotopic (exact) mass is 240 g/mol. The topological polar surface area (TPSA) is 17.1 Å². The van der Waals surface area contributed by atoms with E-state index < -0.39 is 0 Å². The third-order valence-electron chi connectivity index (χ3n) is 2.97. The first-order valence-electron chi connectivity index (χ1n) is 5.41. The van der Waals surface area contributed by atoms with Gasteiger partial charge in [-0.2, -0.15) is 23.1 Å². The summed E-state index contributed by atoms with van der Waals surface area (Å²) >= 11 is 3.65. The van der Waals surface area contributed by atoms with Crippen molar-refractivity contribution in [1.29, 1.82) is 0 Å². The van der Waals surface area contributed by atoms with Crippen LogP contribution in [0.15, 0.2) is 10.8 Å². The molecule has 0 N–H and O–H groups in total. The lowest BCUT2D eigenvalue weighted by atomic mass is 9.93. The molecule has 0 unspecified atom stereocenters. The molecule has 0 atom stereocenters. The number of thioether (sulfide) groups is 1. The van der Waals surface area contributed by atoms with Crippen molar-refractivity contribution in [3.05, 3.63) is 21.9 Å². The molecule has 0 radical (unpaired) electrons. The van der Waals surface area contributed by atoms with Gasteiger partial charge < -0.3 is 0 Å². The predicted molar refractivity (Wildman–Crippen MR) is 68.1 cm³/mol. The average Bonchev–Trinajstić information content (AvgIpc) is 2.66. The van der Waals surface area contributed by atoms with E-state index in [0.29, 0.717) is 11.7 Å². The number of carbonyl (C=O) groups excluding carboxylic acids is 1. The molecule has 3 heteroatoms. The summed E-state index contributed by atoms with van der Waals surface area (Å²) in [5.41, 5.74) is 2.11. The number of hydrogen-bond acceptors (Lipinski definition) is 3. The fourth-order valence-electron chi connectivity index (χ4n) is 1.97. The lowest BCUT2D eigenvalue weighted by Crippen LogP contribution is -2.14. The maximum Gasteiger partial charge on any atom is 0.164 e. The van der Waals surface area contributed by atoms with E-state index in [4.69, 9.17) is 0 Å². The predicted octanol–water partition coefficient (Wildman–Crippen LogP) is 3.77. The zero-order valence-electron chi connectivity index (χ0n) is 8.99. The van der Waals surface area contributed by atoms with E-state index in [1.165, 1.54) is 24.3 Å². The van der Waals surface area contributed by atoms with Crippen LogP contribution in [0, 0.1) is 12.8 Å². The van der Waals surface area contributed by atoms with Crippen molar-refractivity contribution >= 4 is 28.9 Å². The Kier molecular flexibility index (Phi) is 3.87. The molecule has 1 aliphatic heterocycles. The van der Waals surface area contributed by atoms with E-state index in [1.54, 1.807) is 11.3 Å². The molecular weight excluding hydrogens is 224 g/mol. The van der Waals surface area contributed by atoms with Gasteiger partial charge in [-0.15, -0.1) is 0 Å². The minimum atomic E-state index is 0.352. The van der Waals surface area contributed by atoms with Crippen LogP contribution >= 0.6 is 23.1 Å². The Balaban J connectivity index is 1.94. The Morgan fingerprint density at radius 1 is 1.40 bits per heavy atom. The molecule has 0 spiro atoms. The number of rotatable bonds is 3. The number of thiophene rings is 1. The summed E-state index contributed by atoms with van der Waals surface area (Å²) < 4.78 is 0. The quantitative estimate of drug-likeness (QED) is 0.748. The molecule has 1 saturated heterocycles. The van der Waals surface area contributed by atoms with Crippen molar-refractivity contribution in [3.8, 4) is 0 Å². The average molecular weight is 240 g/mol. The van der Waals surface area contributed by atoms with Crippen molar-refractivity contribution in [3.63, 3.8) is 0 Å². The molecule has 1 nitrogen and oxygen atoms in total. The summed E-state index contributed by atoms with van der Waals surface area (Å²) in [6.07, 6.45) is 3.21. The summed E-state index contributed by atoms with van der Waals surface area (Å²) in [6, 6.07) is 0. The van der Waals surface area contributed by atoms with Gasteiger partial charge in [0.05, 0.1) is 0 Å². The molecule has 0 bridgehead atoms. The first-order chi connectivity index (χ1) is 7.27. The maximum absolute atomic E-state index is 12.0. The molecule has 82 valence electrons. The number of ketones is 1. The molecule has 0 aromatic carbocycles. The van der Waals surface area contributed by atoms with Crippen LogP contribution < -0.4 is 0 Å². The smallest absolute Gasteiger partial charge is 0.164 e. The Bertz CT molecular complexity index is 337. The van der Waals surface area contributed by atoms with Crippen LogP contribution in [0.5, 0.6) is 0 Å². The van der Waals surface area contributed by atoms with Crippen LogP contribution in [-0.4, -0.2) is 17.3 Å². The van der Waals surface area contributed by atoms with Crippen LogP contribution in [0.3, 0.4) is 0 Å². The third-order valence-corrected chi connectivity index (χ3v) is 4.88. The van der Waals surface area contributed by atoms with Crippen molar-refractivity contribution in [1.82, 2.24) is 0 Å². The highest BCUT2D eigenvalue weighted by Gasteiger charge is 2.19. The molecule has 2 heterocycles. The summed E-state index contributed by atoms with van der Waals surface area (Å²) in [5.74, 6) is 3.46. The van der Waals surface area contributed by atoms with Gasteiger partial charge in [0.15, 0.2) is 5.78 Å². The zero-order chi connectivity index (χ0) is 10.7. The van der Waals surface area contributed by atoms with E-state index in [1.807, 2.05) is 24.1 Å². The minimum Gasteiger partial charge on any atom is -0.294 e. The molecule has 1 aromatic rings. The molecule has 1 aromatic heterocycles. The molecule has 0 aliphatic carbocycles. The lowest BCUT2D eigenvalue weighted by molar-refractivity contribution is 0.0958. The SMILES string of the molecule is Cc1cscc1C(=O)CC1CCSCC1. The maximum atomic E-state index is 12.0. The van der Waals surface area contributed by atoms with Gasteiger partial charge in [0.25, 0.3) is 0 Å². The molecule has 1 aliphatic rings. The van der Waals surface area contributed by atoms with Gasteiger partial charge in [0.2, 0.25) is 0 Å². The van der Waals surface area contributed by atoms with E-state index in [0.717, 1.165) is 17.5 Å². The van der Waals surface area contributed by atoms with Gasteiger partial charge in [0, 0.05) is 17.4 Å². The number of hydrogen-bond donors (Lipinski definition) is 0. The highest BCUT2D eigenvalue weighted by Crippen LogP contribution is 2.27. The molecular formula is C12H16OS2. The van der Waals surface area contributed by atoms with Crippen molar-refractivity contribution in [2.24, 2.45) is 5.92 Å². The number of carbonyl (C=O) groups is 1. The van der Waals surface area contributed by atoms with Crippen LogP contribution in [0.1, 0.15) is 35.2 Å². The van der Waals surface area contributed by atoms with E-state index >= 15 is 0 Å². The largest absolute Gasteiger partial charge is 0.294 e. The van der Waals surface area contributed by atoms with Crippen molar-refractivity contribution in [2.45, 2.75) is 26.2 Å². The van der Waals surface area contributed by atoms with Crippen molar-refractivity contribution < 1.29 is 4.79 Å². The standard InChI is InChI=1S/C12H16OS2/c1-9-7-15-8-11(9)12(13)6-10-2-4-14-5-3-10/h7-8,10H,2-6H2,1H3. The van der Waals surface area contributed by atoms with Crippen LogP contribution in [0.25, 0.3) is 0 Å². The zero-order valence-corrected chi connectivity index (χ0v) is 10.6. The lowest BCUT2D eigenvalue weighted by Gasteiger charge is -2.20. The summed E-state index contributed by atoms with van der Waals surface area (Å²) in [5, 5.41) is 4.05. The Morgan fingerprint density at radius 3 is 2.73 bits per heavy atom. The highest BCUT2D eigenvalue weighted by molar-refractivity contribution is 7.99. The second kappa shape index (κ2) is 5.17. The molecule has 2 rings (SSSR count). The van der Waals surface area contributed by atoms with Gasteiger partial charge in [0.1, 0.15) is 0 Å². The van der Waals surface area contributed by atoms with Gasteiger partial charge in [-0.1, -0.05) is 0 Å². The second-order valence-electron chi connectivity index (χ2n) is 4.15. The molecule has 0 amide bonds.